The molecule has 7 heteroatoms. The second-order valence-corrected chi connectivity index (χ2v) is 15.4. The average molecular weight is 583 g/mol. The van der Waals surface area contributed by atoms with Crippen LogP contribution in [0.5, 0.6) is 0 Å². The summed E-state index contributed by atoms with van der Waals surface area (Å²) in [4.78, 5) is 39.0. The van der Waals surface area contributed by atoms with Crippen LogP contribution >= 0.6 is 11.8 Å². The Morgan fingerprint density at radius 1 is 0.951 bits per heavy atom. The molecule has 4 saturated carbocycles. The molecule has 0 N–H and O–H groups in total. The minimum Gasteiger partial charge on any atom is -0.463 e. The van der Waals surface area contributed by atoms with Crippen molar-refractivity contribution in [3.8, 4) is 0 Å². The number of rotatable bonds is 4. The van der Waals surface area contributed by atoms with Crippen molar-refractivity contribution in [1.29, 1.82) is 0 Å². The van der Waals surface area contributed by atoms with Gasteiger partial charge in [-0.1, -0.05) is 39.0 Å². The van der Waals surface area contributed by atoms with Gasteiger partial charge in [-0.3, -0.25) is 14.4 Å². The number of carbonyl (C=O) groups is 3. The second kappa shape index (κ2) is 10.9. The highest BCUT2D eigenvalue weighted by atomic mass is 32.2. The van der Waals surface area contributed by atoms with E-state index in [1.165, 1.54) is 18.7 Å². The van der Waals surface area contributed by atoms with E-state index in [1.807, 2.05) is 17.8 Å². The molecule has 0 aromatic heterocycles. The van der Waals surface area contributed by atoms with Gasteiger partial charge in [-0.25, -0.2) is 0 Å². The van der Waals surface area contributed by atoms with E-state index in [1.54, 1.807) is 0 Å². The fraction of sp³-hybridized carbons (Fsp3) is 0.735. The summed E-state index contributed by atoms with van der Waals surface area (Å²) in [6.07, 6.45) is 6.42. The molecular weight excluding hydrogens is 536 g/mol. The Morgan fingerprint density at radius 2 is 1.66 bits per heavy atom. The minimum absolute atomic E-state index is 0.0367. The molecule has 6 rings (SSSR count). The summed E-state index contributed by atoms with van der Waals surface area (Å²) in [5.41, 5.74) is -0.232. The molecule has 5 aliphatic rings. The summed E-state index contributed by atoms with van der Waals surface area (Å²) in [5, 5.41) is 0.0367. The van der Waals surface area contributed by atoms with Crippen molar-refractivity contribution in [3.63, 3.8) is 0 Å². The first-order valence-corrected chi connectivity index (χ1v) is 16.7. The Morgan fingerprint density at radius 3 is 2.37 bits per heavy atom. The summed E-state index contributed by atoms with van der Waals surface area (Å²) in [6.45, 7) is 10.2. The molecule has 5 fully saturated rings. The first kappa shape index (κ1) is 29.1. The number of carbonyl (C=O) groups excluding carboxylic acids is 3. The molecule has 1 aliphatic heterocycles. The first-order chi connectivity index (χ1) is 19.5. The number of hydrogen-bond acceptors (Lipinski definition) is 7. The highest BCUT2D eigenvalue weighted by Crippen LogP contribution is 2.71. The van der Waals surface area contributed by atoms with Gasteiger partial charge in [-0.05, 0) is 92.1 Å². The van der Waals surface area contributed by atoms with E-state index in [4.69, 9.17) is 14.2 Å². The lowest BCUT2D eigenvalue weighted by Crippen LogP contribution is -2.68. The molecule has 4 aliphatic carbocycles. The third-order valence-electron chi connectivity index (χ3n) is 12.1. The van der Waals surface area contributed by atoms with Crippen LogP contribution in [0.4, 0.5) is 0 Å². The molecular formula is C34H46O6S. The van der Waals surface area contributed by atoms with Crippen molar-refractivity contribution in [2.45, 2.75) is 114 Å². The largest absolute Gasteiger partial charge is 0.463 e. The molecule has 1 aromatic carbocycles. The molecule has 0 spiro atoms. The standard InChI is InChI=1S/C34H46O6S/c1-19-11-14-28(37)40-32-31(41-24-9-7-6-8-10-24)30-29(26-13-12-25(19)34(26,32)5)27(39-21(3)36)18-22-17-23(38-20(2)35)15-16-33(22,30)4/h6-10,19,22-23,25-27,29-32H,11-18H2,1-5H3/t19-,22+,23-,25-,26+,27-,29-,30-,31-,32+,33+,34-/m1/s1. The summed E-state index contributed by atoms with van der Waals surface area (Å²) in [7, 11) is 0. The van der Waals surface area contributed by atoms with Crippen LogP contribution in [0.25, 0.3) is 0 Å². The van der Waals surface area contributed by atoms with Crippen molar-refractivity contribution >= 4 is 29.7 Å². The Labute approximate surface area is 249 Å². The van der Waals surface area contributed by atoms with Crippen LogP contribution in [0.15, 0.2) is 35.2 Å². The topological polar surface area (TPSA) is 78.9 Å². The van der Waals surface area contributed by atoms with Crippen molar-refractivity contribution in [3.05, 3.63) is 30.3 Å². The van der Waals surface area contributed by atoms with E-state index < -0.39 is 0 Å². The van der Waals surface area contributed by atoms with E-state index in [0.29, 0.717) is 24.2 Å². The fourth-order valence-corrected chi connectivity index (χ4v) is 12.3. The van der Waals surface area contributed by atoms with Crippen molar-refractivity contribution in [1.82, 2.24) is 0 Å². The fourth-order valence-electron chi connectivity index (χ4n) is 10.5. The molecule has 1 heterocycles. The minimum atomic E-state index is -0.234. The van der Waals surface area contributed by atoms with Crippen LogP contribution in [0.3, 0.4) is 0 Å². The molecule has 41 heavy (non-hydrogen) atoms. The summed E-state index contributed by atoms with van der Waals surface area (Å²) in [6, 6.07) is 10.5. The second-order valence-electron chi connectivity index (χ2n) is 14.2. The van der Waals surface area contributed by atoms with Gasteiger partial charge < -0.3 is 14.2 Å². The normalized spacial score (nSPS) is 45.1. The van der Waals surface area contributed by atoms with E-state index >= 15 is 0 Å². The number of thioether (sulfide) groups is 1. The molecule has 1 aromatic rings. The van der Waals surface area contributed by atoms with Crippen LogP contribution in [-0.4, -0.2) is 41.5 Å². The van der Waals surface area contributed by atoms with Crippen LogP contribution in [0.1, 0.15) is 86.0 Å². The Hall–Kier alpha value is -2.02. The van der Waals surface area contributed by atoms with Gasteiger partial charge in [0.05, 0.1) is 5.25 Å². The van der Waals surface area contributed by atoms with E-state index in [9.17, 15) is 14.4 Å². The van der Waals surface area contributed by atoms with Gasteiger partial charge in [0.25, 0.3) is 0 Å². The van der Waals surface area contributed by atoms with Gasteiger partial charge in [0.2, 0.25) is 0 Å². The van der Waals surface area contributed by atoms with Gasteiger partial charge in [0.1, 0.15) is 18.3 Å². The van der Waals surface area contributed by atoms with Crippen LogP contribution in [0, 0.1) is 46.3 Å². The number of esters is 3. The molecule has 6 nitrogen and oxygen atoms in total. The maximum Gasteiger partial charge on any atom is 0.306 e. The quantitative estimate of drug-likeness (QED) is 0.284. The zero-order chi connectivity index (χ0) is 29.1. The Kier molecular flexibility index (Phi) is 7.74. The third kappa shape index (κ3) is 4.92. The Balaban J connectivity index is 1.50. The first-order valence-electron chi connectivity index (χ1n) is 15.8. The number of ether oxygens (including phenoxy) is 3. The zero-order valence-corrected chi connectivity index (χ0v) is 26.0. The summed E-state index contributed by atoms with van der Waals surface area (Å²) in [5.74, 6) is 1.33. The van der Waals surface area contributed by atoms with Gasteiger partial charge in [0, 0.05) is 36.5 Å². The predicted molar refractivity (Wildman–Crippen MR) is 157 cm³/mol. The van der Waals surface area contributed by atoms with Crippen molar-refractivity contribution in [2.75, 3.05) is 0 Å². The Bertz CT molecular complexity index is 1170. The molecule has 0 radical (unpaired) electrons. The van der Waals surface area contributed by atoms with Gasteiger partial charge in [0.15, 0.2) is 0 Å². The van der Waals surface area contributed by atoms with Crippen LogP contribution in [-0.2, 0) is 28.6 Å². The third-order valence-corrected chi connectivity index (χ3v) is 13.5. The molecule has 224 valence electrons. The maximum absolute atomic E-state index is 13.3. The SMILES string of the molecule is CC(=O)O[C@@H]1CC[C@@]2(C)[C@@H](C1)C[C@@H](OC(C)=O)[C@@H]1[C@@H]2[C@@H](Sc2ccccc2)[C@@H]2OC(=O)CC[C@@H](C)[C@H]3CC[C@@H]1[C@@]32C. The lowest BCUT2D eigenvalue weighted by Gasteiger charge is -2.66. The number of fused-ring (bicyclic) bond motifs is 4. The monoisotopic (exact) mass is 582 g/mol. The molecule has 12 atom stereocenters. The predicted octanol–water partition coefficient (Wildman–Crippen LogP) is 6.84. The lowest BCUT2D eigenvalue weighted by molar-refractivity contribution is -0.224. The summed E-state index contributed by atoms with van der Waals surface area (Å²) < 4.78 is 18.7. The van der Waals surface area contributed by atoms with Crippen LogP contribution in [0.2, 0.25) is 0 Å². The molecule has 0 bridgehead atoms. The van der Waals surface area contributed by atoms with Crippen molar-refractivity contribution in [2.24, 2.45) is 46.3 Å². The van der Waals surface area contributed by atoms with Crippen molar-refractivity contribution < 1.29 is 28.6 Å². The maximum atomic E-state index is 13.3. The molecule has 0 amide bonds. The van der Waals surface area contributed by atoms with E-state index in [2.05, 4.69) is 45.0 Å². The summed E-state index contributed by atoms with van der Waals surface area (Å²) >= 11 is 1.87. The average Bonchev–Trinajstić information content (AvgIpc) is 3.26. The van der Waals surface area contributed by atoms with E-state index in [-0.39, 0.29) is 70.1 Å². The molecule has 1 saturated heterocycles. The smallest absolute Gasteiger partial charge is 0.306 e. The number of hydrogen-bond donors (Lipinski definition) is 0. The van der Waals surface area contributed by atoms with E-state index in [0.717, 1.165) is 44.9 Å². The lowest BCUT2D eigenvalue weighted by atomic mass is 9.42. The highest BCUT2D eigenvalue weighted by Gasteiger charge is 2.71. The number of benzene rings is 1. The van der Waals surface area contributed by atoms with Crippen LogP contribution < -0.4 is 0 Å². The highest BCUT2D eigenvalue weighted by molar-refractivity contribution is 8.00. The van der Waals surface area contributed by atoms with Gasteiger partial charge in [-0.15, -0.1) is 11.8 Å². The zero-order valence-electron chi connectivity index (χ0n) is 25.2. The van der Waals surface area contributed by atoms with Gasteiger partial charge in [-0.2, -0.15) is 0 Å². The van der Waals surface area contributed by atoms with Gasteiger partial charge >= 0.3 is 17.9 Å². The molecule has 0 unspecified atom stereocenters.